The molecule has 0 aromatic heterocycles. The smallest absolute Gasteiger partial charge is 0.262 e. The molecule has 4 nitrogen and oxygen atoms in total. The fourth-order valence-electron chi connectivity index (χ4n) is 2.09. The number of amides is 1. The summed E-state index contributed by atoms with van der Waals surface area (Å²) in [5.74, 6) is 0.661. The summed E-state index contributed by atoms with van der Waals surface area (Å²) >= 11 is 0. The Hall–Kier alpha value is -1.55. The largest absolute Gasteiger partial charge is 0.482 e. The SMILES string of the molecule is NC1(CCc2ccc3c(c2)NC(=O)CO3)CC1. The first-order valence-corrected chi connectivity index (χ1v) is 5.99. The van der Waals surface area contributed by atoms with E-state index in [1.165, 1.54) is 5.56 Å². The van der Waals surface area contributed by atoms with Crippen molar-refractivity contribution in [3.63, 3.8) is 0 Å². The molecule has 90 valence electrons. The zero-order valence-electron chi connectivity index (χ0n) is 9.66. The van der Waals surface area contributed by atoms with Crippen molar-refractivity contribution in [1.82, 2.24) is 0 Å². The van der Waals surface area contributed by atoms with Gasteiger partial charge < -0.3 is 15.8 Å². The number of carbonyl (C=O) groups excluding carboxylic acids is 1. The molecule has 17 heavy (non-hydrogen) atoms. The molecule has 1 heterocycles. The van der Waals surface area contributed by atoms with Crippen LogP contribution < -0.4 is 15.8 Å². The number of carbonyl (C=O) groups is 1. The summed E-state index contributed by atoms with van der Waals surface area (Å²) in [5.41, 5.74) is 8.12. The minimum atomic E-state index is -0.0906. The van der Waals surface area contributed by atoms with Crippen LogP contribution in [0.1, 0.15) is 24.8 Å². The van der Waals surface area contributed by atoms with Crippen molar-refractivity contribution in [3.8, 4) is 5.75 Å². The van der Waals surface area contributed by atoms with E-state index in [0.717, 1.165) is 37.1 Å². The third-order valence-corrected chi connectivity index (χ3v) is 3.48. The predicted octanol–water partition coefficient (Wildman–Crippen LogP) is 1.44. The van der Waals surface area contributed by atoms with Gasteiger partial charge in [0, 0.05) is 5.54 Å². The normalized spacial score (nSPS) is 20.2. The lowest BCUT2D eigenvalue weighted by molar-refractivity contribution is -0.118. The minimum absolute atomic E-state index is 0.0790. The second-order valence-electron chi connectivity index (χ2n) is 5.03. The topological polar surface area (TPSA) is 64.3 Å². The Balaban J connectivity index is 1.73. The van der Waals surface area contributed by atoms with E-state index in [1.54, 1.807) is 0 Å². The van der Waals surface area contributed by atoms with Gasteiger partial charge in [0.15, 0.2) is 6.61 Å². The Morgan fingerprint density at radius 1 is 1.41 bits per heavy atom. The Labute approximate surface area is 100 Å². The number of fused-ring (bicyclic) bond motifs is 1. The van der Waals surface area contributed by atoms with E-state index in [4.69, 9.17) is 10.5 Å². The molecule has 1 aliphatic carbocycles. The van der Waals surface area contributed by atoms with Gasteiger partial charge in [0.2, 0.25) is 0 Å². The van der Waals surface area contributed by atoms with Gasteiger partial charge in [-0.1, -0.05) is 6.07 Å². The van der Waals surface area contributed by atoms with Crippen molar-refractivity contribution in [2.45, 2.75) is 31.2 Å². The van der Waals surface area contributed by atoms with Crippen molar-refractivity contribution < 1.29 is 9.53 Å². The number of aryl methyl sites for hydroxylation is 1. The van der Waals surface area contributed by atoms with E-state index < -0.39 is 0 Å². The molecule has 0 bridgehead atoms. The highest BCUT2D eigenvalue weighted by atomic mass is 16.5. The second kappa shape index (κ2) is 3.74. The molecule has 1 aromatic rings. The molecule has 1 aromatic carbocycles. The lowest BCUT2D eigenvalue weighted by Gasteiger charge is -2.18. The van der Waals surface area contributed by atoms with Crippen LogP contribution in [-0.2, 0) is 11.2 Å². The molecule has 1 amide bonds. The first-order chi connectivity index (χ1) is 8.15. The van der Waals surface area contributed by atoms with E-state index in [2.05, 4.69) is 5.32 Å². The van der Waals surface area contributed by atoms with Crippen molar-refractivity contribution >= 4 is 11.6 Å². The van der Waals surface area contributed by atoms with Crippen molar-refractivity contribution in [3.05, 3.63) is 23.8 Å². The average Bonchev–Trinajstić information content (AvgIpc) is 3.05. The lowest BCUT2D eigenvalue weighted by Crippen LogP contribution is -2.25. The zero-order valence-corrected chi connectivity index (χ0v) is 9.66. The van der Waals surface area contributed by atoms with E-state index in [-0.39, 0.29) is 18.1 Å². The number of ether oxygens (including phenoxy) is 1. The summed E-state index contributed by atoms with van der Waals surface area (Å²) in [5, 5.41) is 2.82. The van der Waals surface area contributed by atoms with Crippen molar-refractivity contribution in [2.24, 2.45) is 5.73 Å². The third kappa shape index (κ3) is 2.26. The number of nitrogens with two attached hydrogens (primary N) is 1. The predicted molar refractivity (Wildman–Crippen MR) is 65.0 cm³/mol. The first kappa shape index (κ1) is 10.6. The molecule has 0 saturated heterocycles. The van der Waals surface area contributed by atoms with Gasteiger partial charge in [0.05, 0.1) is 5.69 Å². The number of rotatable bonds is 3. The van der Waals surface area contributed by atoms with Crippen LogP contribution in [0.15, 0.2) is 18.2 Å². The van der Waals surface area contributed by atoms with Gasteiger partial charge in [-0.25, -0.2) is 0 Å². The molecular formula is C13H16N2O2. The van der Waals surface area contributed by atoms with E-state index in [9.17, 15) is 4.79 Å². The van der Waals surface area contributed by atoms with Crippen LogP contribution in [0.3, 0.4) is 0 Å². The fraction of sp³-hybridized carbons (Fsp3) is 0.462. The molecule has 0 unspecified atom stereocenters. The van der Waals surface area contributed by atoms with Crippen molar-refractivity contribution in [1.29, 1.82) is 0 Å². The van der Waals surface area contributed by atoms with Crippen LogP contribution in [0.5, 0.6) is 5.75 Å². The van der Waals surface area contributed by atoms with Gasteiger partial charge in [-0.05, 0) is 43.4 Å². The summed E-state index contributed by atoms with van der Waals surface area (Å²) in [6.07, 6.45) is 4.25. The standard InChI is InChI=1S/C13H16N2O2/c14-13(5-6-13)4-3-9-1-2-11-10(7-9)15-12(16)8-17-11/h1-2,7H,3-6,8,14H2,(H,15,16). The Kier molecular flexibility index (Phi) is 2.33. The third-order valence-electron chi connectivity index (χ3n) is 3.48. The Bertz CT molecular complexity index is 466. The van der Waals surface area contributed by atoms with Gasteiger partial charge in [-0.3, -0.25) is 4.79 Å². The summed E-state index contributed by atoms with van der Waals surface area (Å²) in [6, 6.07) is 5.94. The first-order valence-electron chi connectivity index (χ1n) is 5.99. The number of hydrogen-bond donors (Lipinski definition) is 2. The highest BCUT2D eigenvalue weighted by Crippen LogP contribution is 2.37. The minimum Gasteiger partial charge on any atom is -0.482 e. The number of benzene rings is 1. The molecule has 4 heteroatoms. The van der Waals surface area contributed by atoms with Crippen LogP contribution in [0, 0.1) is 0 Å². The quantitative estimate of drug-likeness (QED) is 0.828. The highest BCUT2D eigenvalue weighted by Gasteiger charge is 2.37. The van der Waals surface area contributed by atoms with Gasteiger partial charge in [-0.15, -0.1) is 0 Å². The Morgan fingerprint density at radius 2 is 2.24 bits per heavy atom. The molecule has 3 N–H and O–H groups in total. The van der Waals surface area contributed by atoms with Crippen molar-refractivity contribution in [2.75, 3.05) is 11.9 Å². The maximum atomic E-state index is 11.2. The Morgan fingerprint density at radius 3 is 3.00 bits per heavy atom. The van der Waals surface area contributed by atoms with Crippen LogP contribution >= 0.6 is 0 Å². The highest BCUT2D eigenvalue weighted by molar-refractivity contribution is 5.95. The number of hydrogen-bond acceptors (Lipinski definition) is 3. The van der Waals surface area contributed by atoms with E-state index in [1.807, 2.05) is 18.2 Å². The summed E-state index contributed by atoms with van der Waals surface area (Å²) in [7, 11) is 0. The van der Waals surface area contributed by atoms with Gasteiger partial charge >= 0.3 is 0 Å². The van der Waals surface area contributed by atoms with Crippen LogP contribution in [-0.4, -0.2) is 18.1 Å². The molecular weight excluding hydrogens is 216 g/mol. The molecule has 3 rings (SSSR count). The molecule has 1 aliphatic heterocycles. The number of nitrogens with one attached hydrogen (secondary N) is 1. The van der Waals surface area contributed by atoms with E-state index >= 15 is 0 Å². The number of anilines is 1. The van der Waals surface area contributed by atoms with Crippen LogP contribution in [0.4, 0.5) is 5.69 Å². The monoisotopic (exact) mass is 232 g/mol. The fourth-order valence-corrected chi connectivity index (χ4v) is 2.09. The van der Waals surface area contributed by atoms with Crippen LogP contribution in [0.2, 0.25) is 0 Å². The summed E-state index contributed by atoms with van der Waals surface area (Å²) in [6.45, 7) is 0.109. The van der Waals surface area contributed by atoms with Crippen LogP contribution in [0.25, 0.3) is 0 Å². The molecule has 1 saturated carbocycles. The van der Waals surface area contributed by atoms with E-state index in [0.29, 0.717) is 0 Å². The molecule has 0 spiro atoms. The van der Waals surface area contributed by atoms with Gasteiger partial charge in [-0.2, -0.15) is 0 Å². The maximum Gasteiger partial charge on any atom is 0.262 e. The summed E-state index contributed by atoms with van der Waals surface area (Å²) in [4.78, 5) is 11.2. The second-order valence-corrected chi connectivity index (χ2v) is 5.03. The zero-order chi connectivity index (χ0) is 11.9. The molecule has 2 aliphatic rings. The van der Waals surface area contributed by atoms with Gasteiger partial charge in [0.25, 0.3) is 5.91 Å². The molecule has 0 radical (unpaired) electrons. The molecule has 0 atom stereocenters. The van der Waals surface area contributed by atoms with Gasteiger partial charge in [0.1, 0.15) is 5.75 Å². The lowest BCUT2D eigenvalue weighted by atomic mass is 10.0. The average molecular weight is 232 g/mol. The summed E-state index contributed by atoms with van der Waals surface area (Å²) < 4.78 is 5.31. The molecule has 1 fully saturated rings. The maximum absolute atomic E-state index is 11.2.